The molecule has 0 amide bonds. The van der Waals surface area contributed by atoms with Crippen LogP contribution in [0.1, 0.15) is 56.0 Å². The number of nitro groups is 1. The number of alkyl halides is 1. The van der Waals surface area contributed by atoms with E-state index >= 15 is 0 Å². The van der Waals surface area contributed by atoms with Gasteiger partial charge in [0.2, 0.25) is 0 Å². The number of aromatic carboxylic acids is 1. The van der Waals surface area contributed by atoms with Crippen molar-refractivity contribution in [3.05, 3.63) is 33.4 Å². The van der Waals surface area contributed by atoms with Crippen LogP contribution in [0.5, 0.6) is 5.75 Å². The molecule has 0 aliphatic carbocycles. The monoisotopic (exact) mass is 437 g/mol. The van der Waals surface area contributed by atoms with Gasteiger partial charge >= 0.3 is 5.97 Å². The van der Waals surface area contributed by atoms with Gasteiger partial charge < -0.3 is 9.84 Å². The molecule has 0 bridgehead atoms. The van der Waals surface area contributed by atoms with Crippen LogP contribution in [-0.2, 0) is 6.42 Å². The highest BCUT2D eigenvalue weighted by molar-refractivity contribution is 14.1. The van der Waals surface area contributed by atoms with Crippen LogP contribution in [-0.4, -0.2) is 27.0 Å². The fourth-order valence-corrected chi connectivity index (χ4v) is 1.84. The molecule has 1 rings (SSSR count). The highest BCUT2D eigenvalue weighted by Gasteiger charge is 2.27. The molecule has 1 aromatic carbocycles. The summed E-state index contributed by atoms with van der Waals surface area (Å²) in [5.74, 6) is -0.897. The SMILES string of the molecule is CCCI.CCCOc1ccc(C(=O)O)c([N+](=O)[O-])c1CCC. The fraction of sp³-hybridized carbons (Fsp3) is 0.562. The van der Waals surface area contributed by atoms with Gasteiger partial charge in [-0.1, -0.05) is 49.8 Å². The Morgan fingerprint density at radius 1 is 1.26 bits per heavy atom. The molecule has 6 nitrogen and oxygen atoms in total. The van der Waals surface area contributed by atoms with E-state index < -0.39 is 10.9 Å². The average molecular weight is 437 g/mol. The van der Waals surface area contributed by atoms with Crippen molar-refractivity contribution in [1.82, 2.24) is 0 Å². The molecular formula is C16H24INO5. The third-order valence-electron chi connectivity index (χ3n) is 2.80. The summed E-state index contributed by atoms with van der Waals surface area (Å²) in [6.07, 6.45) is 3.17. The second kappa shape index (κ2) is 12.1. The third-order valence-corrected chi connectivity index (χ3v) is 3.88. The number of carboxylic acid groups (broad SMARTS) is 1. The maximum absolute atomic E-state index is 11.1. The summed E-state index contributed by atoms with van der Waals surface area (Å²) < 4.78 is 6.76. The van der Waals surface area contributed by atoms with Crippen LogP contribution in [0.2, 0.25) is 0 Å². The number of ether oxygens (including phenoxy) is 1. The van der Waals surface area contributed by atoms with Gasteiger partial charge in [0.25, 0.3) is 5.69 Å². The van der Waals surface area contributed by atoms with Gasteiger partial charge in [0.05, 0.1) is 17.1 Å². The number of hydrogen-bond donors (Lipinski definition) is 1. The van der Waals surface area contributed by atoms with Crippen molar-refractivity contribution in [2.24, 2.45) is 0 Å². The summed E-state index contributed by atoms with van der Waals surface area (Å²) in [6, 6.07) is 2.72. The molecule has 0 fully saturated rings. The zero-order valence-electron chi connectivity index (χ0n) is 13.8. The quantitative estimate of drug-likeness (QED) is 0.271. The van der Waals surface area contributed by atoms with Crippen molar-refractivity contribution < 1.29 is 19.6 Å². The standard InChI is InChI=1S/C13H17NO5.C3H7I/c1-3-5-9-11(19-8-4-2)7-6-10(13(15)16)12(9)14(17)18;1-2-3-4/h6-7H,3-5,8H2,1-2H3,(H,15,16);2-3H2,1H3. The number of nitrogens with zero attached hydrogens (tertiary/aromatic N) is 1. The zero-order chi connectivity index (χ0) is 17.8. The molecular weight excluding hydrogens is 413 g/mol. The Labute approximate surface area is 150 Å². The van der Waals surface area contributed by atoms with Crippen molar-refractivity contribution >= 4 is 34.2 Å². The van der Waals surface area contributed by atoms with Gasteiger partial charge in [0.1, 0.15) is 11.3 Å². The normalized spacial score (nSPS) is 9.74. The molecule has 0 aliphatic heterocycles. The van der Waals surface area contributed by atoms with E-state index in [-0.39, 0.29) is 11.3 Å². The molecule has 0 spiro atoms. The van der Waals surface area contributed by atoms with Gasteiger partial charge in [0, 0.05) is 0 Å². The van der Waals surface area contributed by atoms with Gasteiger partial charge in [-0.25, -0.2) is 4.79 Å². The van der Waals surface area contributed by atoms with E-state index in [9.17, 15) is 14.9 Å². The molecule has 0 saturated carbocycles. The van der Waals surface area contributed by atoms with E-state index in [4.69, 9.17) is 9.84 Å². The van der Waals surface area contributed by atoms with E-state index in [1.165, 1.54) is 23.0 Å². The summed E-state index contributed by atoms with van der Waals surface area (Å²) in [5.41, 5.74) is -0.291. The molecule has 0 unspecified atom stereocenters. The largest absolute Gasteiger partial charge is 0.493 e. The highest BCUT2D eigenvalue weighted by atomic mass is 127. The Bertz CT molecular complexity index is 517. The summed E-state index contributed by atoms with van der Waals surface area (Å²) in [7, 11) is 0. The van der Waals surface area contributed by atoms with Gasteiger partial charge in [-0.2, -0.15) is 0 Å². The van der Waals surface area contributed by atoms with E-state index in [0.29, 0.717) is 30.8 Å². The lowest BCUT2D eigenvalue weighted by molar-refractivity contribution is -0.386. The first-order chi connectivity index (χ1) is 10.9. The smallest absolute Gasteiger partial charge is 0.342 e. The lowest BCUT2D eigenvalue weighted by Gasteiger charge is -2.12. The minimum atomic E-state index is -1.30. The minimum Gasteiger partial charge on any atom is -0.493 e. The minimum absolute atomic E-state index is 0.294. The molecule has 0 radical (unpaired) electrons. The summed E-state index contributed by atoms with van der Waals surface area (Å²) in [6.45, 7) is 6.42. The van der Waals surface area contributed by atoms with Crippen LogP contribution < -0.4 is 4.74 Å². The van der Waals surface area contributed by atoms with Crippen LogP contribution >= 0.6 is 22.6 Å². The number of hydrogen-bond acceptors (Lipinski definition) is 4. The first kappa shape index (κ1) is 21.6. The third kappa shape index (κ3) is 7.15. The van der Waals surface area contributed by atoms with Gasteiger partial charge in [-0.3, -0.25) is 10.1 Å². The topological polar surface area (TPSA) is 89.7 Å². The number of nitro benzene ring substituents is 1. The Morgan fingerprint density at radius 2 is 1.87 bits per heavy atom. The van der Waals surface area contributed by atoms with Gasteiger partial charge in [-0.05, 0) is 35.8 Å². The van der Waals surface area contributed by atoms with E-state index in [0.717, 1.165) is 6.42 Å². The average Bonchev–Trinajstić information content (AvgIpc) is 2.53. The van der Waals surface area contributed by atoms with Crippen LogP contribution in [0.3, 0.4) is 0 Å². The summed E-state index contributed by atoms with van der Waals surface area (Å²) in [5, 5.41) is 20.2. The Hall–Kier alpha value is -1.38. The molecule has 23 heavy (non-hydrogen) atoms. The predicted molar refractivity (Wildman–Crippen MR) is 99.0 cm³/mol. The first-order valence-electron chi connectivity index (χ1n) is 7.66. The Morgan fingerprint density at radius 3 is 2.26 bits per heavy atom. The number of halogens is 1. The molecule has 130 valence electrons. The van der Waals surface area contributed by atoms with E-state index in [2.05, 4.69) is 29.5 Å². The molecule has 0 aliphatic rings. The second-order valence-electron chi connectivity index (χ2n) is 4.79. The molecule has 0 heterocycles. The number of rotatable bonds is 8. The zero-order valence-corrected chi connectivity index (χ0v) is 16.0. The van der Waals surface area contributed by atoms with Gasteiger partial charge in [-0.15, -0.1) is 0 Å². The lowest BCUT2D eigenvalue weighted by atomic mass is 10.0. The van der Waals surface area contributed by atoms with Crippen molar-refractivity contribution in [3.63, 3.8) is 0 Å². The van der Waals surface area contributed by atoms with Crippen LogP contribution in [0, 0.1) is 10.1 Å². The number of benzene rings is 1. The predicted octanol–water partition coefficient (Wildman–Crippen LogP) is 4.87. The van der Waals surface area contributed by atoms with Crippen molar-refractivity contribution in [2.75, 3.05) is 11.0 Å². The maximum atomic E-state index is 11.1. The molecule has 0 saturated heterocycles. The first-order valence-corrected chi connectivity index (χ1v) is 9.19. The number of carbonyl (C=O) groups is 1. The molecule has 0 atom stereocenters. The fourth-order valence-electron chi connectivity index (χ4n) is 1.84. The van der Waals surface area contributed by atoms with Crippen LogP contribution in [0.15, 0.2) is 12.1 Å². The van der Waals surface area contributed by atoms with Crippen molar-refractivity contribution in [2.45, 2.75) is 46.5 Å². The maximum Gasteiger partial charge on any atom is 0.342 e. The van der Waals surface area contributed by atoms with Crippen LogP contribution in [0.4, 0.5) is 5.69 Å². The number of carboxylic acids is 1. The lowest BCUT2D eigenvalue weighted by Crippen LogP contribution is -2.08. The molecule has 1 aromatic rings. The molecule has 7 heteroatoms. The molecule has 1 N–H and O–H groups in total. The highest BCUT2D eigenvalue weighted by Crippen LogP contribution is 2.33. The molecule has 0 aromatic heterocycles. The summed E-state index contributed by atoms with van der Waals surface area (Å²) >= 11 is 2.35. The van der Waals surface area contributed by atoms with E-state index in [1.54, 1.807) is 0 Å². The van der Waals surface area contributed by atoms with Crippen LogP contribution in [0.25, 0.3) is 0 Å². The Kier molecular flexibility index (Phi) is 11.4. The van der Waals surface area contributed by atoms with E-state index in [1.807, 2.05) is 13.8 Å². The van der Waals surface area contributed by atoms with Crippen molar-refractivity contribution in [1.29, 1.82) is 0 Å². The Balaban J connectivity index is 0.00000108. The van der Waals surface area contributed by atoms with Gasteiger partial charge in [0.15, 0.2) is 0 Å². The van der Waals surface area contributed by atoms with Crippen molar-refractivity contribution in [3.8, 4) is 5.75 Å². The summed E-state index contributed by atoms with van der Waals surface area (Å²) in [4.78, 5) is 21.6. The second-order valence-corrected chi connectivity index (χ2v) is 5.87.